The maximum absolute atomic E-state index is 9.52. The molecule has 0 saturated heterocycles. The van der Waals surface area contributed by atoms with Gasteiger partial charge in [-0.15, -0.1) is 0 Å². The number of rotatable bonds is 5. The normalized spacial score (nSPS) is 11.6. The predicted octanol–water partition coefficient (Wildman–Crippen LogP) is 2.38. The van der Waals surface area contributed by atoms with Crippen molar-refractivity contribution in [3.63, 3.8) is 0 Å². The Kier molecular flexibility index (Phi) is 5.56. The molecule has 0 amide bonds. The summed E-state index contributed by atoms with van der Waals surface area (Å²) in [5.74, 6) is 0.267. The van der Waals surface area contributed by atoms with Crippen LogP contribution < -0.4 is 4.74 Å². The van der Waals surface area contributed by atoms with Gasteiger partial charge in [0.15, 0.2) is 12.4 Å². The van der Waals surface area contributed by atoms with Gasteiger partial charge in [0.25, 0.3) is 0 Å². The van der Waals surface area contributed by atoms with Crippen LogP contribution in [0, 0.1) is 22.7 Å². The Morgan fingerprint density at radius 3 is 2.43 bits per heavy atom. The zero-order valence-corrected chi connectivity index (χ0v) is 12.7. The van der Waals surface area contributed by atoms with Crippen LogP contribution in [0.1, 0.15) is 16.7 Å². The van der Waals surface area contributed by atoms with Crippen LogP contribution in [0.15, 0.2) is 42.5 Å². The standard InChI is InChI=1S/C17H13ClN2O3/c18-14-5-13(10-20)6-15(8-14)23-16(17(21)22)7-11-2-1-3-12(4-11)9-19/h1-6,8,16-17,21-22H,7H2. The monoisotopic (exact) mass is 328 g/mol. The van der Waals surface area contributed by atoms with E-state index in [1.165, 1.54) is 18.2 Å². The summed E-state index contributed by atoms with van der Waals surface area (Å²) in [6.45, 7) is 0. The van der Waals surface area contributed by atoms with Gasteiger partial charge in [0.2, 0.25) is 0 Å². The van der Waals surface area contributed by atoms with Gasteiger partial charge in [0.1, 0.15) is 5.75 Å². The number of hydrogen-bond acceptors (Lipinski definition) is 5. The lowest BCUT2D eigenvalue weighted by molar-refractivity contribution is -0.111. The van der Waals surface area contributed by atoms with Gasteiger partial charge in [0.05, 0.1) is 23.3 Å². The lowest BCUT2D eigenvalue weighted by Gasteiger charge is -2.21. The van der Waals surface area contributed by atoms with Crippen LogP contribution in [-0.2, 0) is 6.42 Å². The molecule has 1 unspecified atom stereocenters. The molecule has 2 rings (SSSR count). The topological polar surface area (TPSA) is 97.3 Å². The minimum atomic E-state index is -1.73. The molecule has 0 aliphatic carbocycles. The molecule has 2 aromatic carbocycles. The summed E-state index contributed by atoms with van der Waals surface area (Å²) in [6, 6.07) is 15.2. The number of nitriles is 2. The highest BCUT2D eigenvalue weighted by atomic mass is 35.5. The van der Waals surface area contributed by atoms with Crippen LogP contribution in [0.4, 0.5) is 0 Å². The van der Waals surface area contributed by atoms with Crippen LogP contribution >= 0.6 is 11.6 Å². The van der Waals surface area contributed by atoms with Gasteiger partial charge in [-0.3, -0.25) is 0 Å². The number of ether oxygens (including phenoxy) is 1. The Hall–Kier alpha value is -2.57. The minimum Gasteiger partial charge on any atom is -0.485 e. The molecule has 0 spiro atoms. The fourth-order valence-corrected chi connectivity index (χ4v) is 2.30. The van der Waals surface area contributed by atoms with E-state index in [1.807, 2.05) is 12.1 Å². The Morgan fingerprint density at radius 2 is 1.78 bits per heavy atom. The van der Waals surface area contributed by atoms with Crippen molar-refractivity contribution in [3.8, 4) is 17.9 Å². The van der Waals surface area contributed by atoms with Gasteiger partial charge >= 0.3 is 0 Å². The predicted molar refractivity (Wildman–Crippen MR) is 83.7 cm³/mol. The molecule has 0 aliphatic rings. The number of aliphatic hydroxyl groups is 2. The Labute approximate surface area is 138 Å². The fourth-order valence-electron chi connectivity index (χ4n) is 2.08. The molecule has 6 heteroatoms. The summed E-state index contributed by atoms with van der Waals surface area (Å²) in [5, 5.41) is 37.2. The number of hydrogen-bond donors (Lipinski definition) is 2. The van der Waals surface area contributed by atoms with Gasteiger partial charge in [-0.1, -0.05) is 23.7 Å². The number of aliphatic hydroxyl groups excluding tert-OH is 1. The molecular weight excluding hydrogens is 316 g/mol. The largest absolute Gasteiger partial charge is 0.485 e. The summed E-state index contributed by atoms with van der Waals surface area (Å²) in [7, 11) is 0. The molecule has 0 fully saturated rings. The molecule has 2 aromatic rings. The highest BCUT2D eigenvalue weighted by Gasteiger charge is 2.20. The van der Waals surface area contributed by atoms with Crippen molar-refractivity contribution in [1.82, 2.24) is 0 Å². The van der Waals surface area contributed by atoms with E-state index < -0.39 is 12.4 Å². The van der Waals surface area contributed by atoms with E-state index in [0.29, 0.717) is 16.1 Å². The van der Waals surface area contributed by atoms with Crippen LogP contribution in [-0.4, -0.2) is 22.6 Å². The zero-order chi connectivity index (χ0) is 16.8. The van der Waals surface area contributed by atoms with E-state index in [1.54, 1.807) is 24.3 Å². The van der Waals surface area contributed by atoms with Gasteiger partial charge in [-0.2, -0.15) is 10.5 Å². The molecule has 0 aliphatic heterocycles. The summed E-state index contributed by atoms with van der Waals surface area (Å²) >= 11 is 5.90. The van der Waals surface area contributed by atoms with Crippen molar-refractivity contribution in [2.45, 2.75) is 18.8 Å². The van der Waals surface area contributed by atoms with E-state index in [0.717, 1.165) is 5.56 Å². The fraction of sp³-hybridized carbons (Fsp3) is 0.176. The molecule has 5 nitrogen and oxygen atoms in total. The van der Waals surface area contributed by atoms with Crippen LogP contribution in [0.2, 0.25) is 5.02 Å². The molecule has 0 aromatic heterocycles. The second-order valence-electron chi connectivity index (χ2n) is 4.87. The van der Waals surface area contributed by atoms with E-state index >= 15 is 0 Å². The number of halogens is 1. The Balaban J connectivity index is 2.21. The zero-order valence-electron chi connectivity index (χ0n) is 12.0. The van der Waals surface area contributed by atoms with Crippen molar-refractivity contribution >= 4 is 11.6 Å². The first-order valence-corrected chi connectivity index (χ1v) is 7.12. The third kappa shape index (κ3) is 4.70. The third-order valence-corrected chi connectivity index (χ3v) is 3.33. The summed E-state index contributed by atoms with van der Waals surface area (Å²) in [6.07, 6.45) is -2.51. The molecule has 116 valence electrons. The molecule has 0 heterocycles. The van der Waals surface area contributed by atoms with Crippen LogP contribution in [0.5, 0.6) is 5.75 Å². The molecule has 0 bridgehead atoms. The second-order valence-corrected chi connectivity index (χ2v) is 5.31. The first-order chi connectivity index (χ1) is 11.0. The second kappa shape index (κ2) is 7.62. The molecule has 2 N–H and O–H groups in total. The average molecular weight is 329 g/mol. The lowest BCUT2D eigenvalue weighted by atomic mass is 10.0. The van der Waals surface area contributed by atoms with Gasteiger partial charge in [-0.05, 0) is 35.9 Å². The first kappa shape index (κ1) is 16.8. The molecular formula is C17H13ClN2O3. The molecule has 0 saturated carbocycles. The quantitative estimate of drug-likeness (QED) is 0.821. The maximum Gasteiger partial charge on any atom is 0.189 e. The average Bonchev–Trinajstić information content (AvgIpc) is 2.53. The third-order valence-electron chi connectivity index (χ3n) is 3.11. The van der Waals surface area contributed by atoms with Crippen LogP contribution in [0.25, 0.3) is 0 Å². The Bertz CT molecular complexity index is 778. The summed E-state index contributed by atoms with van der Waals surface area (Å²) < 4.78 is 5.56. The van der Waals surface area contributed by atoms with Crippen molar-refractivity contribution in [1.29, 1.82) is 10.5 Å². The molecule has 1 atom stereocenters. The van der Waals surface area contributed by atoms with E-state index in [9.17, 15) is 10.2 Å². The maximum atomic E-state index is 9.52. The van der Waals surface area contributed by atoms with Gasteiger partial charge in [-0.25, -0.2) is 0 Å². The summed E-state index contributed by atoms with van der Waals surface area (Å²) in [4.78, 5) is 0. The molecule has 23 heavy (non-hydrogen) atoms. The highest BCUT2D eigenvalue weighted by molar-refractivity contribution is 6.30. The van der Waals surface area contributed by atoms with E-state index in [2.05, 4.69) is 0 Å². The van der Waals surface area contributed by atoms with Gasteiger partial charge < -0.3 is 14.9 Å². The summed E-state index contributed by atoms with van der Waals surface area (Å²) in [5.41, 5.74) is 1.51. The van der Waals surface area contributed by atoms with Crippen molar-refractivity contribution < 1.29 is 14.9 Å². The van der Waals surface area contributed by atoms with Crippen molar-refractivity contribution in [2.75, 3.05) is 0 Å². The van der Waals surface area contributed by atoms with E-state index in [-0.39, 0.29) is 12.2 Å². The van der Waals surface area contributed by atoms with Gasteiger partial charge in [0, 0.05) is 11.4 Å². The smallest absolute Gasteiger partial charge is 0.189 e. The molecule has 0 radical (unpaired) electrons. The number of benzene rings is 2. The lowest BCUT2D eigenvalue weighted by Crippen LogP contribution is -2.33. The first-order valence-electron chi connectivity index (χ1n) is 6.74. The Morgan fingerprint density at radius 1 is 1.04 bits per heavy atom. The number of nitrogens with zero attached hydrogens (tertiary/aromatic N) is 2. The minimum absolute atomic E-state index is 0.182. The van der Waals surface area contributed by atoms with Crippen molar-refractivity contribution in [2.24, 2.45) is 0 Å². The van der Waals surface area contributed by atoms with Crippen molar-refractivity contribution in [3.05, 3.63) is 64.2 Å². The highest BCUT2D eigenvalue weighted by Crippen LogP contribution is 2.23. The van der Waals surface area contributed by atoms with E-state index in [4.69, 9.17) is 26.9 Å². The SMILES string of the molecule is N#Cc1cccc(CC(Oc2cc(Cl)cc(C#N)c2)C(O)O)c1. The van der Waals surface area contributed by atoms with Crippen LogP contribution in [0.3, 0.4) is 0 Å².